The molecule has 1 heterocycles. The Balaban J connectivity index is 2.71. The summed E-state index contributed by atoms with van der Waals surface area (Å²) < 4.78 is 13.3. The zero-order valence-corrected chi connectivity index (χ0v) is 8.09. The third-order valence-electron chi connectivity index (χ3n) is 2.32. The maximum Gasteiger partial charge on any atom is 0.251 e. The van der Waals surface area contributed by atoms with Crippen molar-refractivity contribution in [2.24, 2.45) is 5.73 Å². The highest BCUT2D eigenvalue weighted by Gasteiger charge is 2.04. The number of pyridine rings is 1. The summed E-state index contributed by atoms with van der Waals surface area (Å²) in [7, 11) is 0. The van der Waals surface area contributed by atoms with Gasteiger partial charge in [-0.3, -0.25) is 4.79 Å². The van der Waals surface area contributed by atoms with Crippen LogP contribution in [0.1, 0.15) is 5.56 Å². The lowest BCUT2D eigenvalue weighted by Gasteiger charge is -2.02. The van der Waals surface area contributed by atoms with Crippen LogP contribution >= 0.6 is 0 Å². The van der Waals surface area contributed by atoms with E-state index in [1.165, 1.54) is 6.07 Å². The topological polar surface area (TPSA) is 58.9 Å². The predicted molar refractivity (Wildman–Crippen MR) is 57.3 cm³/mol. The van der Waals surface area contributed by atoms with E-state index in [9.17, 15) is 9.18 Å². The van der Waals surface area contributed by atoms with Crippen molar-refractivity contribution in [3.8, 4) is 0 Å². The van der Waals surface area contributed by atoms with Gasteiger partial charge in [-0.2, -0.15) is 0 Å². The van der Waals surface area contributed by atoms with Gasteiger partial charge in [0.2, 0.25) is 0 Å². The van der Waals surface area contributed by atoms with Gasteiger partial charge in [-0.15, -0.1) is 0 Å². The predicted octanol–water partition coefficient (Wildman–Crippen LogP) is 1.17. The van der Waals surface area contributed by atoms with Gasteiger partial charge in [0.1, 0.15) is 5.82 Å². The van der Waals surface area contributed by atoms with Crippen LogP contribution < -0.4 is 11.3 Å². The zero-order chi connectivity index (χ0) is 10.8. The standard InChI is InChI=1S/C11H11FN2O/c12-9-3-1-2-7-6-8(4-5-13)11(15)14-10(7)9/h1-3,6H,4-5,13H2,(H,14,15). The summed E-state index contributed by atoms with van der Waals surface area (Å²) in [5, 5.41) is 0.693. The number of halogens is 1. The van der Waals surface area contributed by atoms with Crippen LogP contribution in [0.5, 0.6) is 0 Å². The molecular weight excluding hydrogens is 195 g/mol. The van der Waals surface area contributed by atoms with Crippen molar-refractivity contribution in [3.63, 3.8) is 0 Å². The third-order valence-corrected chi connectivity index (χ3v) is 2.32. The van der Waals surface area contributed by atoms with Crippen molar-refractivity contribution >= 4 is 10.9 Å². The number of nitrogens with two attached hydrogens (primary N) is 1. The molecule has 2 rings (SSSR count). The first-order chi connectivity index (χ1) is 7.22. The molecule has 1 aromatic carbocycles. The van der Waals surface area contributed by atoms with Crippen LogP contribution in [-0.2, 0) is 6.42 Å². The number of aromatic amines is 1. The maximum atomic E-state index is 13.3. The molecule has 78 valence electrons. The molecule has 0 aliphatic carbocycles. The monoisotopic (exact) mass is 206 g/mol. The molecule has 0 saturated heterocycles. The van der Waals surface area contributed by atoms with Gasteiger partial charge in [0.25, 0.3) is 5.56 Å². The van der Waals surface area contributed by atoms with Gasteiger partial charge >= 0.3 is 0 Å². The zero-order valence-electron chi connectivity index (χ0n) is 8.09. The number of hydrogen-bond acceptors (Lipinski definition) is 2. The fourth-order valence-electron chi connectivity index (χ4n) is 1.58. The number of rotatable bonds is 2. The summed E-state index contributed by atoms with van der Waals surface area (Å²) >= 11 is 0. The van der Waals surface area contributed by atoms with Crippen LogP contribution in [0.15, 0.2) is 29.1 Å². The van der Waals surface area contributed by atoms with E-state index in [1.807, 2.05) is 0 Å². The van der Waals surface area contributed by atoms with Crippen molar-refractivity contribution < 1.29 is 4.39 Å². The second-order valence-corrected chi connectivity index (χ2v) is 3.37. The second-order valence-electron chi connectivity index (χ2n) is 3.37. The molecule has 3 N–H and O–H groups in total. The van der Waals surface area contributed by atoms with E-state index in [-0.39, 0.29) is 11.1 Å². The molecule has 0 bridgehead atoms. The summed E-state index contributed by atoms with van der Waals surface area (Å²) in [6, 6.07) is 6.38. The highest BCUT2D eigenvalue weighted by Crippen LogP contribution is 2.14. The number of hydrogen-bond donors (Lipinski definition) is 2. The van der Waals surface area contributed by atoms with Crippen molar-refractivity contribution in [3.05, 3.63) is 46.0 Å². The van der Waals surface area contributed by atoms with Gasteiger partial charge in [0.05, 0.1) is 5.52 Å². The van der Waals surface area contributed by atoms with Crippen LogP contribution in [0.25, 0.3) is 10.9 Å². The molecule has 4 heteroatoms. The molecule has 0 atom stereocenters. The van der Waals surface area contributed by atoms with Crippen LogP contribution in [0.3, 0.4) is 0 Å². The molecule has 0 radical (unpaired) electrons. The molecule has 0 unspecified atom stereocenters. The smallest absolute Gasteiger partial charge is 0.251 e. The number of nitrogens with one attached hydrogen (secondary N) is 1. The van der Waals surface area contributed by atoms with Crippen LogP contribution in [0.2, 0.25) is 0 Å². The maximum absolute atomic E-state index is 13.3. The van der Waals surface area contributed by atoms with E-state index in [4.69, 9.17) is 5.73 Å². The quantitative estimate of drug-likeness (QED) is 0.774. The number of fused-ring (bicyclic) bond motifs is 1. The third kappa shape index (κ3) is 1.76. The Labute approximate surface area is 85.7 Å². The van der Waals surface area contributed by atoms with Gasteiger partial charge in [-0.05, 0) is 25.1 Å². The van der Waals surface area contributed by atoms with Crippen molar-refractivity contribution in [2.75, 3.05) is 6.54 Å². The molecule has 3 nitrogen and oxygen atoms in total. The fraction of sp³-hybridized carbons (Fsp3) is 0.182. The minimum absolute atomic E-state index is 0.253. The van der Waals surface area contributed by atoms with E-state index in [1.54, 1.807) is 18.2 Å². The Kier molecular flexibility index (Phi) is 2.51. The molecule has 1 aromatic heterocycles. The molecule has 0 aliphatic heterocycles. The van der Waals surface area contributed by atoms with Gasteiger partial charge in [-0.1, -0.05) is 12.1 Å². The van der Waals surface area contributed by atoms with Gasteiger partial charge in [-0.25, -0.2) is 4.39 Å². The summed E-state index contributed by atoms with van der Waals surface area (Å²) in [6.07, 6.45) is 0.502. The van der Waals surface area contributed by atoms with E-state index in [0.29, 0.717) is 23.9 Å². The Hall–Kier alpha value is -1.68. The summed E-state index contributed by atoms with van der Waals surface area (Å²) in [5.41, 5.74) is 5.96. The van der Waals surface area contributed by atoms with Crippen LogP contribution in [0, 0.1) is 5.82 Å². The summed E-state index contributed by atoms with van der Waals surface area (Å²) in [5.74, 6) is -0.413. The average molecular weight is 206 g/mol. The lowest BCUT2D eigenvalue weighted by molar-refractivity contribution is 0.636. The van der Waals surface area contributed by atoms with Gasteiger partial charge in [0, 0.05) is 10.9 Å². The first-order valence-corrected chi connectivity index (χ1v) is 4.73. The number of benzene rings is 1. The van der Waals surface area contributed by atoms with Gasteiger partial charge in [0.15, 0.2) is 0 Å². The molecule has 0 aliphatic rings. The Bertz CT molecular complexity index is 548. The Morgan fingerprint density at radius 1 is 1.40 bits per heavy atom. The average Bonchev–Trinajstić information content (AvgIpc) is 2.21. The van der Waals surface area contributed by atoms with E-state index >= 15 is 0 Å². The minimum Gasteiger partial charge on any atom is -0.330 e. The lowest BCUT2D eigenvalue weighted by Crippen LogP contribution is -2.16. The molecule has 15 heavy (non-hydrogen) atoms. The second kappa shape index (κ2) is 3.82. The Morgan fingerprint density at radius 3 is 2.93 bits per heavy atom. The summed E-state index contributed by atoms with van der Waals surface area (Å²) in [6.45, 7) is 0.407. The molecular formula is C11H11FN2O. The highest BCUT2D eigenvalue weighted by molar-refractivity contribution is 5.79. The number of aromatic nitrogens is 1. The van der Waals surface area contributed by atoms with Crippen LogP contribution in [-0.4, -0.2) is 11.5 Å². The highest BCUT2D eigenvalue weighted by atomic mass is 19.1. The minimum atomic E-state index is -0.413. The number of H-pyrrole nitrogens is 1. The Morgan fingerprint density at radius 2 is 2.20 bits per heavy atom. The molecule has 0 spiro atoms. The molecule has 0 amide bonds. The first kappa shape index (κ1) is 9.86. The first-order valence-electron chi connectivity index (χ1n) is 4.73. The molecule has 2 aromatic rings. The SMILES string of the molecule is NCCc1cc2cccc(F)c2[nH]c1=O. The van der Waals surface area contributed by atoms with Crippen LogP contribution in [0.4, 0.5) is 4.39 Å². The van der Waals surface area contributed by atoms with Crippen molar-refractivity contribution in [1.29, 1.82) is 0 Å². The van der Waals surface area contributed by atoms with Crippen molar-refractivity contribution in [1.82, 2.24) is 4.98 Å². The van der Waals surface area contributed by atoms with E-state index in [0.717, 1.165) is 0 Å². The van der Waals surface area contributed by atoms with E-state index in [2.05, 4.69) is 4.98 Å². The summed E-state index contributed by atoms with van der Waals surface area (Å²) in [4.78, 5) is 14.0. The molecule has 0 saturated carbocycles. The van der Waals surface area contributed by atoms with Crippen molar-refractivity contribution in [2.45, 2.75) is 6.42 Å². The number of para-hydroxylation sites is 1. The largest absolute Gasteiger partial charge is 0.330 e. The van der Waals surface area contributed by atoms with Gasteiger partial charge < -0.3 is 10.7 Å². The fourth-order valence-corrected chi connectivity index (χ4v) is 1.58. The molecule has 0 fully saturated rings. The van der Waals surface area contributed by atoms with E-state index < -0.39 is 5.82 Å². The lowest BCUT2D eigenvalue weighted by atomic mass is 10.1. The normalized spacial score (nSPS) is 10.8.